The van der Waals surface area contributed by atoms with Crippen LogP contribution in [0.5, 0.6) is 0 Å². The number of nitrogens with zero attached hydrogens (tertiary/aromatic N) is 8. The van der Waals surface area contributed by atoms with Crippen LogP contribution in [0, 0.1) is 18.7 Å². The number of fused-ring (bicyclic) bond motifs is 1. The van der Waals surface area contributed by atoms with Gasteiger partial charge in [0.15, 0.2) is 11.5 Å². The van der Waals surface area contributed by atoms with Crippen molar-refractivity contribution in [3.05, 3.63) is 65.6 Å². The van der Waals surface area contributed by atoms with E-state index in [-0.39, 0.29) is 48.0 Å². The third-order valence-electron chi connectivity index (χ3n) is 8.22. The molecular weight excluding hydrogens is 555 g/mol. The maximum Gasteiger partial charge on any atom is 0.331 e. The molecule has 13 nitrogen and oxygen atoms in total. The summed E-state index contributed by atoms with van der Waals surface area (Å²) in [6, 6.07) is 2.95. The number of rotatable bonds is 8. The fraction of sp³-hybridized carbons (Fsp3) is 0.379. The predicted molar refractivity (Wildman–Crippen MR) is 153 cm³/mol. The highest BCUT2D eigenvalue weighted by Gasteiger charge is 2.46. The molecule has 4 aromatic heterocycles. The van der Waals surface area contributed by atoms with E-state index in [9.17, 15) is 18.8 Å². The van der Waals surface area contributed by atoms with Gasteiger partial charge in [-0.05, 0) is 50.7 Å². The molecule has 1 saturated heterocycles. The van der Waals surface area contributed by atoms with Gasteiger partial charge in [0.25, 0.3) is 0 Å². The monoisotopic (exact) mass is 584 g/mol. The van der Waals surface area contributed by atoms with Crippen molar-refractivity contribution in [3.8, 4) is 0 Å². The van der Waals surface area contributed by atoms with Gasteiger partial charge in [-0.3, -0.25) is 19.4 Å². The molecule has 14 heteroatoms. The van der Waals surface area contributed by atoms with Crippen LogP contribution in [0.1, 0.15) is 66.8 Å². The third-order valence-corrected chi connectivity index (χ3v) is 8.22. The zero-order chi connectivity index (χ0) is 30.0. The van der Waals surface area contributed by atoms with Gasteiger partial charge in [0.2, 0.25) is 11.8 Å². The van der Waals surface area contributed by atoms with Gasteiger partial charge in [-0.25, -0.2) is 34.1 Å². The lowest BCUT2D eigenvalue weighted by Crippen LogP contribution is -2.30. The Bertz CT molecular complexity index is 1800. The summed E-state index contributed by atoms with van der Waals surface area (Å²) < 4.78 is 15.4. The first kappa shape index (κ1) is 26.9. The molecule has 7 rings (SSSR count). The Hall–Kier alpha value is -5.01. The zero-order valence-corrected chi connectivity index (χ0v) is 23.8. The first-order valence-corrected chi connectivity index (χ1v) is 14.2. The number of anilines is 3. The Kier molecular flexibility index (Phi) is 6.29. The molecule has 2 N–H and O–H groups in total. The van der Waals surface area contributed by atoms with Crippen molar-refractivity contribution >= 4 is 40.8 Å². The summed E-state index contributed by atoms with van der Waals surface area (Å²) in [6.07, 6.45) is 9.19. The van der Waals surface area contributed by atoms with E-state index in [2.05, 4.69) is 30.6 Å². The van der Waals surface area contributed by atoms with E-state index in [1.807, 2.05) is 29.8 Å². The lowest BCUT2D eigenvalue weighted by atomic mass is 10.1. The summed E-state index contributed by atoms with van der Waals surface area (Å²) in [4.78, 5) is 62.1. The number of nitrogens with one attached hydrogen (secondary N) is 2. The number of hydrogen-bond donors (Lipinski definition) is 2. The minimum Gasteiger partial charge on any atom is -0.362 e. The summed E-state index contributed by atoms with van der Waals surface area (Å²) in [5.74, 6) is 0.296. The molecule has 220 valence electrons. The zero-order valence-electron chi connectivity index (χ0n) is 23.8. The fourth-order valence-electron chi connectivity index (χ4n) is 5.39. The largest absolute Gasteiger partial charge is 0.362 e. The van der Waals surface area contributed by atoms with Crippen LogP contribution in [0.3, 0.4) is 0 Å². The van der Waals surface area contributed by atoms with E-state index in [4.69, 9.17) is 4.98 Å². The Morgan fingerprint density at radius 1 is 1.09 bits per heavy atom. The number of pyridine rings is 1. The molecule has 2 saturated carbocycles. The van der Waals surface area contributed by atoms with Crippen LogP contribution in [0.4, 0.5) is 26.5 Å². The summed E-state index contributed by atoms with van der Waals surface area (Å²) in [5.41, 5.74) is 3.27. The molecule has 0 aromatic carbocycles. The SMILES string of the molecule is Cc1nc([C@H]2C[C@@H]2C(=O)Nc2cc(N[C@H](C)c3cn4cc(C5CC5)cc(N5CC(=O)N(C)C5=O)c4n3)ncn2)ncc1F. The van der Waals surface area contributed by atoms with Gasteiger partial charge in [0.1, 0.15) is 30.3 Å². The second kappa shape index (κ2) is 10.1. The van der Waals surface area contributed by atoms with Crippen molar-refractivity contribution in [2.75, 3.05) is 29.1 Å². The second-order valence-electron chi connectivity index (χ2n) is 11.4. The van der Waals surface area contributed by atoms with Gasteiger partial charge < -0.3 is 15.0 Å². The quantitative estimate of drug-likeness (QED) is 0.296. The standard InChI is InChI=1S/C29H29FN10O3/c1-14-20(30)9-31-26(35-14)18-7-19(18)28(42)37-24-8-23(32-13-33-24)34-15(2)21-11-39-10-17(16-4-5-16)6-22(27(39)36-21)40-12-25(41)38(3)29(40)43/h6,8-11,13,15-16,18-19H,4-5,7,12H2,1-3H3,(H2,32,33,34,37,42)/t15-,18+,19+/m1/s1. The molecule has 0 unspecified atom stereocenters. The number of carbonyl (C=O) groups is 3. The third kappa shape index (κ3) is 5.02. The molecule has 0 bridgehead atoms. The highest BCUT2D eigenvalue weighted by molar-refractivity contribution is 6.13. The summed E-state index contributed by atoms with van der Waals surface area (Å²) in [7, 11) is 1.48. The van der Waals surface area contributed by atoms with Crippen LogP contribution >= 0.6 is 0 Å². The van der Waals surface area contributed by atoms with Gasteiger partial charge in [0.05, 0.1) is 29.3 Å². The fourth-order valence-corrected chi connectivity index (χ4v) is 5.39. The van der Waals surface area contributed by atoms with E-state index in [1.165, 1.54) is 18.3 Å². The number of imide groups is 1. The van der Waals surface area contributed by atoms with Gasteiger partial charge in [-0.2, -0.15) is 0 Å². The van der Waals surface area contributed by atoms with E-state index < -0.39 is 5.82 Å². The van der Waals surface area contributed by atoms with Crippen molar-refractivity contribution in [2.24, 2.45) is 5.92 Å². The average molecular weight is 585 g/mol. The first-order valence-electron chi connectivity index (χ1n) is 14.2. The van der Waals surface area contributed by atoms with Crippen LogP contribution in [0.15, 0.2) is 37.1 Å². The minimum absolute atomic E-state index is 0.0251. The Balaban J connectivity index is 1.07. The van der Waals surface area contributed by atoms with Crippen molar-refractivity contribution in [1.82, 2.24) is 34.2 Å². The molecule has 3 aliphatic rings. The highest BCUT2D eigenvalue weighted by Crippen LogP contribution is 2.46. The van der Waals surface area contributed by atoms with E-state index in [0.717, 1.165) is 29.5 Å². The molecule has 4 aromatic rings. The summed E-state index contributed by atoms with van der Waals surface area (Å²) in [5, 5.41) is 6.14. The van der Waals surface area contributed by atoms with Crippen LogP contribution in [-0.4, -0.2) is 65.7 Å². The molecule has 5 heterocycles. The Morgan fingerprint density at radius 2 is 1.88 bits per heavy atom. The van der Waals surface area contributed by atoms with Crippen LogP contribution in [0.2, 0.25) is 0 Å². The van der Waals surface area contributed by atoms with Gasteiger partial charge in [0, 0.05) is 37.3 Å². The molecule has 2 aliphatic carbocycles. The number of carbonyl (C=O) groups excluding carboxylic acids is 3. The Labute approximate surface area is 245 Å². The summed E-state index contributed by atoms with van der Waals surface area (Å²) >= 11 is 0. The van der Waals surface area contributed by atoms with Crippen LogP contribution in [0.25, 0.3) is 5.65 Å². The highest BCUT2D eigenvalue weighted by atomic mass is 19.1. The molecule has 0 spiro atoms. The van der Waals surface area contributed by atoms with Crippen molar-refractivity contribution < 1.29 is 18.8 Å². The Morgan fingerprint density at radius 3 is 2.60 bits per heavy atom. The van der Waals surface area contributed by atoms with E-state index in [1.54, 1.807) is 13.0 Å². The number of amides is 4. The number of halogens is 1. The maximum absolute atomic E-state index is 13.5. The molecule has 3 atom stereocenters. The molecule has 1 aliphatic heterocycles. The van der Waals surface area contributed by atoms with Crippen LogP contribution < -0.4 is 15.5 Å². The second-order valence-corrected chi connectivity index (χ2v) is 11.4. The summed E-state index contributed by atoms with van der Waals surface area (Å²) in [6.45, 7) is 3.48. The van der Waals surface area contributed by atoms with E-state index in [0.29, 0.717) is 46.8 Å². The molecular formula is C29H29FN10O3. The van der Waals surface area contributed by atoms with Gasteiger partial charge >= 0.3 is 6.03 Å². The lowest BCUT2D eigenvalue weighted by Gasteiger charge is -2.17. The molecule has 43 heavy (non-hydrogen) atoms. The number of imidazole rings is 1. The van der Waals surface area contributed by atoms with E-state index >= 15 is 0 Å². The van der Waals surface area contributed by atoms with Crippen molar-refractivity contribution in [1.29, 1.82) is 0 Å². The van der Waals surface area contributed by atoms with Crippen molar-refractivity contribution in [2.45, 2.75) is 51.0 Å². The average Bonchev–Trinajstić information content (AvgIpc) is 3.91. The smallest absolute Gasteiger partial charge is 0.331 e. The van der Waals surface area contributed by atoms with Crippen LogP contribution in [-0.2, 0) is 9.59 Å². The first-order chi connectivity index (χ1) is 20.7. The molecule has 4 amide bonds. The lowest BCUT2D eigenvalue weighted by molar-refractivity contribution is -0.124. The minimum atomic E-state index is -0.473. The predicted octanol–water partition coefficient (Wildman–Crippen LogP) is 3.55. The number of hydrogen-bond acceptors (Lipinski definition) is 9. The van der Waals surface area contributed by atoms with Gasteiger partial charge in [-0.1, -0.05) is 0 Å². The number of urea groups is 1. The normalized spacial score (nSPS) is 20.6. The molecule has 0 radical (unpaired) electrons. The number of likely N-dealkylation sites (N-methyl/N-ethyl adjacent to an activating group) is 1. The topological polar surface area (TPSA) is 151 Å². The van der Waals surface area contributed by atoms with Gasteiger partial charge in [-0.15, -0.1) is 0 Å². The number of aromatic nitrogens is 6. The number of aryl methyl sites for hydroxylation is 1. The molecule has 3 fully saturated rings. The maximum atomic E-state index is 13.5. The van der Waals surface area contributed by atoms with Crippen molar-refractivity contribution in [3.63, 3.8) is 0 Å².